The molecular formula is C108H90O10SSi10. The maximum absolute atomic E-state index is 9.97. The van der Waals surface area contributed by atoms with E-state index < -0.39 is 83.9 Å². The highest BCUT2D eigenvalue weighted by Crippen LogP contribution is 2.46. The van der Waals surface area contributed by atoms with E-state index in [0.717, 1.165) is 83.0 Å². The summed E-state index contributed by atoms with van der Waals surface area (Å²) in [6.07, 6.45) is 0. The van der Waals surface area contributed by atoms with Gasteiger partial charge in [-0.3, -0.25) is 0 Å². The van der Waals surface area contributed by atoms with Crippen molar-refractivity contribution in [2.45, 2.75) is 0 Å². The molecule has 2 aliphatic rings. The molecule has 21 heteroatoms. The Morgan fingerprint density at radius 1 is 0.0930 bits per heavy atom. The van der Waals surface area contributed by atoms with Crippen LogP contribution in [0, 0.1) is 0 Å². The molecule has 0 unspecified atom stereocenters. The highest BCUT2D eigenvalue weighted by atomic mass is 32.5. The Kier molecular flexibility index (Phi) is 24.6. The molecule has 129 heavy (non-hydrogen) atoms. The van der Waals surface area contributed by atoms with Crippen molar-refractivity contribution in [3.05, 3.63) is 546 Å². The Bertz CT molecular complexity index is 5580. The van der Waals surface area contributed by atoms with Gasteiger partial charge in [-0.1, -0.05) is 557 Å². The maximum atomic E-state index is 9.97. The summed E-state index contributed by atoms with van der Waals surface area (Å²) in [5.74, 6) is 0. The van der Waals surface area contributed by atoms with Crippen LogP contribution in [0.1, 0.15) is 0 Å². The molecule has 0 aromatic heterocycles. The second kappa shape index (κ2) is 37.3. The first-order chi connectivity index (χ1) is 63.7. The van der Waals surface area contributed by atoms with Crippen molar-refractivity contribution in [2.75, 3.05) is 0 Å². The van der Waals surface area contributed by atoms with Crippen molar-refractivity contribution in [2.24, 2.45) is 0 Å². The molecule has 0 amide bonds. The van der Waals surface area contributed by atoms with E-state index in [1.807, 2.05) is 0 Å². The fraction of sp³-hybridized carbons (Fsp3) is 0. The number of rotatable bonds is 20. The van der Waals surface area contributed by atoms with Crippen molar-refractivity contribution >= 4 is 188 Å². The van der Waals surface area contributed by atoms with Gasteiger partial charge in [-0.05, 0) is 83.0 Å². The summed E-state index contributed by atoms with van der Waals surface area (Å²) >= 11 is 0. The molecule has 2 heterocycles. The quantitative estimate of drug-likeness (QED) is 0.0683. The van der Waals surface area contributed by atoms with E-state index in [9.17, 15) is 41.2 Å². The molecule has 18 aromatic carbocycles. The number of benzene rings is 18. The van der Waals surface area contributed by atoms with Gasteiger partial charge >= 0.3 is 83.9 Å². The van der Waals surface area contributed by atoms with Crippen LogP contribution in [0.3, 0.4) is 0 Å². The fourth-order valence-corrected chi connectivity index (χ4v) is 89.3. The fourth-order valence-electron chi connectivity index (χ4n) is 17.8. The maximum Gasteiger partial charge on any atom is 0.423 e. The van der Waals surface area contributed by atoms with E-state index in [-0.39, 0.29) is 0 Å². The van der Waals surface area contributed by atoms with Crippen LogP contribution in [0.15, 0.2) is 546 Å². The molecule has 10 nitrogen and oxygen atoms in total. The van der Waals surface area contributed by atoms with Crippen LogP contribution in [-0.4, -0.2) is 83.9 Å². The molecule has 0 aliphatic carbocycles. The highest BCUT2D eigenvalue weighted by molar-refractivity contribution is 8.50. The Morgan fingerprint density at radius 3 is 0.264 bits per heavy atom. The van der Waals surface area contributed by atoms with Crippen molar-refractivity contribution < 1.29 is 41.2 Å². The molecule has 0 radical (unpaired) electrons. The molecule has 0 N–H and O–H groups in total. The summed E-state index contributed by atoms with van der Waals surface area (Å²) in [5.41, 5.74) is 0. The molecule has 628 valence electrons. The van der Waals surface area contributed by atoms with Crippen LogP contribution in [0.4, 0.5) is 0 Å². The Balaban J connectivity index is 1.05. The van der Waals surface area contributed by atoms with Gasteiger partial charge in [-0.15, -0.1) is 0 Å². The second-order valence-corrected chi connectivity index (χ2v) is 68.3. The van der Waals surface area contributed by atoms with E-state index in [2.05, 4.69) is 546 Å². The van der Waals surface area contributed by atoms with E-state index in [4.69, 9.17) is 0 Å². The monoisotopic (exact) mass is 1860 g/mol. The lowest BCUT2D eigenvalue weighted by atomic mass is 10.4. The normalized spacial score (nSPS) is 17.5. The lowest BCUT2D eigenvalue weighted by molar-refractivity contribution is 0.271. The summed E-state index contributed by atoms with van der Waals surface area (Å²) in [6.45, 7) is 0. The Hall–Kier alpha value is -11.9. The van der Waals surface area contributed by atoms with Crippen LogP contribution in [-0.2, 0) is 41.2 Å². The summed E-state index contributed by atoms with van der Waals surface area (Å²) < 4.78 is 96.8. The van der Waals surface area contributed by atoms with Crippen molar-refractivity contribution in [1.29, 1.82) is 0 Å². The molecule has 0 bridgehead atoms. The van der Waals surface area contributed by atoms with Crippen molar-refractivity contribution in [3.8, 4) is 0 Å². The standard InChI is InChI=1S/C108H90O10SSi10/c1-19-55-91(56-20-1)120(92-57-21-2-22-58-92)109-121(93-59-23-3-24-60-93,94-61-25-4-26-62-94)112-125(101-75-39-11-40-76-101,102-77-41-12-42-78-102)116-128(107-87-51-17-52-88-107,115-124(111-120,99-71-35-9-36-72-99)100-73-37-10-38-74-100)119-129(108-89-53-18-54-90-108)117-126(103-79-43-13-44-80-103,104-81-45-14-46-82-104)113-122(95-63-27-5-28-64-95,96-65-29-6-30-66-96)110-123(97-67-31-7-32-68-97,98-69-33-8-34-70-98)114-127(118-129,105-83-47-15-48-84-105)106-85-49-16-50-86-106/h1-90H. The SMILES string of the molecule is c1ccc([Si]2(S[Si]3(c4ccccc4)O[Si](c4ccccc4)(c4ccccc4)O[Si](c4ccccc4)(c4ccccc4)O[Si](c4ccccc4)(c4ccccc4)O[Si](c4ccccc4)(c4ccccc4)O3)O[Si](c3ccccc3)(c3ccccc3)O[Si](c3ccccc3)(c3ccccc3)O[Si](c3ccccc3)(c3ccccc3)O[Si](c3ccccc3)(c3ccccc3)O2)cc1. The largest absolute Gasteiger partial charge is 0.423 e. The molecule has 0 spiro atoms. The van der Waals surface area contributed by atoms with Crippen LogP contribution in [0.5, 0.6) is 0 Å². The van der Waals surface area contributed by atoms with E-state index in [1.54, 1.807) is 10.7 Å². The van der Waals surface area contributed by atoms with Gasteiger partial charge in [0.2, 0.25) is 0 Å². The van der Waals surface area contributed by atoms with Gasteiger partial charge in [0.05, 0.1) is 0 Å². The van der Waals surface area contributed by atoms with Crippen LogP contribution >= 0.6 is 10.7 Å². The van der Waals surface area contributed by atoms with Crippen LogP contribution < -0.4 is 93.4 Å². The van der Waals surface area contributed by atoms with Gasteiger partial charge in [0.1, 0.15) is 0 Å². The summed E-state index contributed by atoms with van der Waals surface area (Å²) in [6, 6.07) is 192. The third-order valence-corrected chi connectivity index (χ3v) is 77.5. The zero-order chi connectivity index (χ0) is 86.8. The zero-order valence-electron chi connectivity index (χ0n) is 70.5. The van der Waals surface area contributed by atoms with Gasteiger partial charge in [-0.2, -0.15) is 0 Å². The number of hydrogen-bond acceptors (Lipinski definition) is 11. The smallest absolute Gasteiger partial charge is 0.402 e. The zero-order valence-corrected chi connectivity index (χ0v) is 81.3. The second-order valence-electron chi connectivity index (χ2n) is 31.8. The van der Waals surface area contributed by atoms with Gasteiger partial charge in [0.15, 0.2) is 0 Å². The predicted molar refractivity (Wildman–Crippen MR) is 545 cm³/mol. The third kappa shape index (κ3) is 16.1. The first kappa shape index (κ1) is 85.2. The lowest BCUT2D eigenvalue weighted by Crippen LogP contribution is -2.88. The number of hydrogen-bond donors (Lipinski definition) is 0. The van der Waals surface area contributed by atoms with E-state index in [1.165, 1.54) is 0 Å². The van der Waals surface area contributed by atoms with Gasteiger partial charge in [0, 0.05) is 10.4 Å². The first-order valence-corrected chi connectivity index (χ1v) is 63.8. The van der Waals surface area contributed by atoms with Gasteiger partial charge in [-0.25, -0.2) is 0 Å². The summed E-state index contributed by atoms with van der Waals surface area (Å²) in [4.78, 5) is 0. The molecule has 2 fully saturated rings. The average molecular weight is 1860 g/mol. The summed E-state index contributed by atoms with van der Waals surface area (Å²) in [5, 5.41) is 14.0. The molecule has 0 saturated carbocycles. The molecule has 18 aromatic rings. The van der Waals surface area contributed by atoms with E-state index in [0.29, 0.717) is 10.4 Å². The molecular weight excluding hydrogens is 1770 g/mol. The predicted octanol–water partition coefficient (Wildman–Crippen LogP) is 11.7. The van der Waals surface area contributed by atoms with Gasteiger partial charge in [0.25, 0.3) is 0 Å². The van der Waals surface area contributed by atoms with Crippen molar-refractivity contribution in [3.63, 3.8) is 0 Å². The highest BCUT2D eigenvalue weighted by Gasteiger charge is 2.75. The van der Waals surface area contributed by atoms with Gasteiger partial charge < -0.3 is 41.2 Å². The minimum absolute atomic E-state index is 0.694. The molecule has 2 saturated heterocycles. The molecule has 0 atom stereocenters. The summed E-state index contributed by atoms with van der Waals surface area (Å²) in [7, 11) is -48.6. The first-order valence-electron chi connectivity index (χ1n) is 43.4. The molecule has 20 rings (SSSR count). The van der Waals surface area contributed by atoms with Crippen LogP contribution in [0.2, 0.25) is 0 Å². The minimum Gasteiger partial charge on any atom is -0.402 e. The average Bonchev–Trinajstić information content (AvgIpc) is 0.689. The lowest BCUT2D eigenvalue weighted by Gasteiger charge is -2.56. The minimum atomic E-state index is -5.48. The Labute approximate surface area is 768 Å². The van der Waals surface area contributed by atoms with E-state index >= 15 is 0 Å². The van der Waals surface area contributed by atoms with Crippen LogP contribution in [0.25, 0.3) is 0 Å². The third-order valence-electron chi connectivity index (χ3n) is 23.8. The Morgan fingerprint density at radius 2 is 0.171 bits per heavy atom. The molecule has 2 aliphatic heterocycles. The topological polar surface area (TPSA) is 92.3 Å². The van der Waals surface area contributed by atoms with Crippen molar-refractivity contribution in [1.82, 2.24) is 0 Å².